The summed E-state index contributed by atoms with van der Waals surface area (Å²) in [6.07, 6.45) is 0. The molecule has 2 aromatic rings. The van der Waals surface area contributed by atoms with Gasteiger partial charge in [0.25, 0.3) is 0 Å². The molecule has 0 saturated heterocycles. The standard InChI is InChI=1S/C20H27ClN2O2/c1-22(2)12-13-23(14-15-24-3)16-18-19(21)10-7-11-20(18)25-17-8-5-4-6-9-17/h4-11H,12-16H2,1-3H3. The van der Waals surface area contributed by atoms with Gasteiger partial charge in [-0.3, -0.25) is 4.90 Å². The van der Waals surface area contributed by atoms with E-state index in [4.69, 9.17) is 21.1 Å². The van der Waals surface area contributed by atoms with Gasteiger partial charge < -0.3 is 14.4 Å². The van der Waals surface area contributed by atoms with Crippen LogP contribution in [-0.4, -0.2) is 57.2 Å². The van der Waals surface area contributed by atoms with Crippen LogP contribution in [0.2, 0.25) is 5.02 Å². The van der Waals surface area contributed by atoms with Crippen molar-refractivity contribution in [1.29, 1.82) is 0 Å². The van der Waals surface area contributed by atoms with Crippen molar-refractivity contribution >= 4 is 11.6 Å². The summed E-state index contributed by atoms with van der Waals surface area (Å²) in [5.41, 5.74) is 1.00. The van der Waals surface area contributed by atoms with Crippen LogP contribution in [0.25, 0.3) is 0 Å². The molecule has 5 heteroatoms. The fraction of sp³-hybridized carbons (Fsp3) is 0.400. The number of ether oxygens (including phenoxy) is 2. The highest BCUT2D eigenvalue weighted by Gasteiger charge is 2.14. The van der Waals surface area contributed by atoms with E-state index < -0.39 is 0 Å². The summed E-state index contributed by atoms with van der Waals surface area (Å²) in [7, 11) is 5.88. The Morgan fingerprint density at radius 3 is 2.36 bits per heavy atom. The number of likely N-dealkylation sites (N-methyl/N-ethyl adjacent to an activating group) is 1. The van der Waals surface area contributed by atoms with Crippen molar-refractivity contribution < 1.29 is 9.47 Å². The Hall–Kier alpha value is -1.59. The third kappa shape index (κ3) is 6.67. The quantitative estimate of drug-likeness (QED) is 0.634. The maximum absolute atomic E-state index is 6.49. The maximum Gasteiger partial charge on any atom is 0.133 e. The number of halogens is 1. The van der Waals surface area contributed by atoms with E-state index in [1.807, 2.05) is 48.5 Å². The highest BCUT2D eigenvalue weighted by atomic mass is 35.5. The summed E-state index contributed by atoms with van der Waals surface area (Å²) in [6.45, 7) is 4.17. The highest BCUT2D eigenvalue weighted by Crippen LogP contribution is 2.31. The summed E-state index contributed by atoms with van der Waals surface area (Å²) in [5.74, 6) is 1.61. The fourth-order valence-corrected chi connectivity index (χ4v) is 2.68. The first-order chi connectivity index (χ1) is 12.1. The van der Waals surface area contributed by atoms with Crippen molar-refractivity contribution in [3.63, 3.8) is 0 Å². The van der Waals surface area contributed by atoms with Crippen molar-refractivity contribution in [2.45, 2.75) is 6.54 Å². The van der Waals surface area contributed by atoms with Gasteiger partial charge in [0.15, 0.2) is 0 Å². The fourth-order valence-electron chi connectivity index (χ4n) is 2.46. The minimum absolute atomic E-state index is 0.687. The van der Waals surface area contributed by atoms with E-state index in [2.05, 4.69) is 23.9 Å². The Balaban J connectivity index is 2.17. The zero-order valence-corrected chi connectivity index (χ0v) is 16.0. The lowest BCUT2D eigenvalue weighted by Gasteiger charge is -2.25. The minimum Gasteiger partial charge on any atom is -0.457 e. The van der Waals surface area contributed by atoms with Crippen LogP contribution in [0.4, 0.5) is 0 Å². The topological polar surface area (TPSA) is 24.9 Å². The molecule has 0 aromatic heterocycles. The van der Waals surface area contributed by atoms with E-state index in [1.54, 1.807) is 7.11 Å². The molecule has 0 atom stereocenters. The molecule has 4 nitrogen and oxygen atoms in total. The Morgan fingerprint density at radius 1 is 0.920 bits per heavy atom. The Bertz CT molecular complexity index is 635. The molecule has 0 spiro atoms. The summed E-state index contributed by atoms with van der Waals surface area (Å²) in [6, 6.07) is 15.6. The zero-order chi connectivity index (χ0) is 18.1. The number of hydrogen-bond donors (Lipinski definition) is 0. The molecule has 136 valence electrons. The Morgan fingerprint density at radius 2 is 1.68 bits per heavy atom. The van der Waals surface area contributed by atoms with Gasteiger partial charge in [-0.25, -0.2) is 0 Å². The first-order valence-electron chi connectivity index (χ1n) is 8.46. The molecule has 0 unspecified atom stereocenters. The number of nitrogens with zero attached hydrogens (tertiary/aromatic N) is 2. The monoisotopic (exact) mass is 362 g/mol. The molecule has 0 aliphatic heterocycles. The molecule has 0 fully saturated rings. The summed E-state index contributed by atoms with van der Waals surface area (Å²) in [5, 5.41) is 0.723. The first kappa shape index (κ1) is 19.7. The normalized spacial score (nSPS) is 11.3. The zero-order valence-electron chi connectivity index (χ0n) is 15.2. The van der Waals surface area contributed by atoms with Gasteiger partial charge in [0.05, 0.1) is 6.61 Å². The minimum atomic E-state index is 0.687. The predicted molar refractivity (Wildman–Crippen MR) is 104 cm³/mol. The van der Waals surface area contributed by atoms with Crippen molar-refractivity contribution in [2.24, 2.45) is 0 Å². The van der Waals surface area contributed by atoms with Gasteiger partial charge in [-0.05, 0) is 38.4 Å². The van der Waals surface area contributed by atoms with Crippen LogP contribution in [0.15, 0.2) is 48.5 Å². The molecule has 25 heavy (non-hydrogen) atoms. The molecule has 2 aromatic carbocycles. The molecule has 0 aliphatic rings. The molecule has 0 aliphatic carbocycles. The van der Waals surface area contributed by atoms with E-state index >= 15 is 0 Å². The number of rotatable bonds is 10. The van der Waals surface area contributed by atoms with Gasteiger partial charge in [-0.2, -0.15) is 0 Å². The van der Waals surface area contributed by atoms with Crippen LogP contribution in [0, 0.1) is 0 Å². The van der Waals surface area contributed by atoms with Crippen LogP contribution in [0.1, 0.15) is 5.56 Å². The van der Waals surface area contributed by atoms with Gasteiger partial charge >= 0.3 is 0 Å². The lowest BCUT2D eigenvalue weighted by Crippen LogP contribution is -2.33. The summed E-state index contributed by atoms with van der Waals surface area (Å²) >= 11 is 6.49. The molecule has 0 bridgehead atoms. The highest BCUT2D eigenvalue weighted by molar-refractivity contribution is 6.31. The largest absolute Gasteiger partial charge is 0.457 e. The lowest BCUT2D eigenvalue weighted by atomic mass is 10.1. The number of benzene rings is 2. The van der Waals surface area contributed by atoms with E-state index in [0.717, 1.165) is 48.3 Å². The van der Waals surface area contributed by atoms with Gasteiger partial charge in [-0.1, -0.05) is 35.9 Å². The van der Waals surface area contributed by atoms with Gasteiger partial charge in [0.2, 0.25) is 0 Å². The van der Waals surface area contributed by atoms with Crippen LogP contribution in [-0.2, 0) is 11.3 Å². The lowest BCUT2D eigenvalue weighted by molar-refractivity contribution is 0.137. The molecule has 2 rings (SSSR count). The maximum atomic E-state index is 6.49. The van der Waals surface area contributed by atoms with Gasteiger partial charge in [0, 0.05) is 43.9 Å². The third-order valence-electron chi connectivity index (χ3n) is 3.90. The van der Waals surface area contributed by atoms with Crippen molar-refractivity contribution in [1.82, 2.24) is 9.80 Å². The SMILES string of the molecule is COCCN(CCN(C)C)Cc1c(Cl)cccc1Oc1ccccc1. The van der Waals surface area contributed by atoms with E-state index in [0.29, 0.717) is 6.61 Å². The van der Waals surface area contributed by atoms with Gasteiger partial charge in [0.1, 0.15) is 11.5 Å². The molecule has 0 radical (unpaired) electrons. The molecule has 0 amide bonds. The van der Waals surface area contributed by atoms with Crippen LogP contribution < -0.4 is 4.74 Å². The van der Waals surface area contributed by atoms with Crippen LogP contribution in [0.3, 0.4) is 0 Å². The van der Waals surface area contributed by atoms with Crippen molar-refractivity contribution in [2.75, 3.05) is 47.4 Å². The average Bonchev–Trinajstić information content (AvgIpc) is 2.60. The number of para-hydroxylation sites is 1. The van der Waals surface area contributed by atoms with Crippen molar-refractivity contribution in [3.8, 4) is 11.5 Å². The number of hydrogen-bond acceptors (Lipinski definition) is 4. The average molecular weight is 363 g/mol. The summed E-state index contributed by atoms with van der Waals surface area (Å²) < 4.78 is 11.3. The predicted octanol–water partition coefficient (Wildman–Crippen LogP) is 4.14. The number of methoxy groups -OCH3 is 1. The van der Waals surface area contributed by atoms with E-state index in [9.17, 15) is 0 Å². The van der Waals surface area contributed by atoms with Gasteiger partial charge in [-0.15, -0.1) is 0 Å². The molecular formula is C20H27ClN2O2. The molecule has 0 heterocycles. The van der Waals surface area contributed by atoms with Crippen LogP contribution in [0.5, 0.6) is 11.5 Å². The van der Waals surface area contributed by atoms with E-state index in [-0.39, 0.29) is 0 Å². The Labute approximate surface area is 155 Å². The third-order valence-corrected chi connectivity index (χ3v) is 4.26. The Kier molecular flexibility index (Phi) is 8.22. The molecule has 0 N–H and O–H groups in total. The molecular weight excluding hydrogens is 336 g/mol. The second-order valence-corrected chi connectivity index (χ2v) is 6.61. The van der Waals surface area contributed by atoms with E-state index in [1.165, 1.54) is 0 Å². The second kappa shape index (κ2) is 10.4. The van der Waals surface area contributed by atoms with Crippen molar-refractivity contribution in [3.05, 3.63) is 59.1 Å². The first-order valence-corrected chi connectivity index (χ1v) is 8.84. The second-order valence-electron chi connectivity index (χ2n) is 6.20. The van der Waals surface area contributed by atoms with Crippen LogP contribution >= 0.6 is 11.6 Å². The smallest absolute Gasteiger partial charge is 0.133 e. The summed E-state index contributed by atoms with van der Waals surface area (Å²) in [4.78, 5) is 4.51. The molecule has 0 saturated carbocycles.